The zero-order valence-electron chi connectivity index (χ0n) is 9.02. The van der Waals surface area contributed by atoms with E-state index in [4.69, 9.17) is 32.7 Å². The highest BCUT2D eigenvalue weighted by atomic mass is 35.5. The van der Waals surface area contributed by atoms with Gasteiger partial charge in [-0.2, -0.15) is 9.97 Å². The minimum absolute atomic E-state index is 0.00299. The molecule has 0 N–H and O–H groups in total. The molecule has 1 heterocycles. The fourth-order valence-corrected chi connectivity index (χ4v) is 1.46. The molecule has 1 aromatic heterocycles. The Balaban J connectivity index is 2.30. The summed E-state index contributed by atoms with van der Waals surface area (Å²) in [5.74, 6) is -0.277. The molecule has 0 amide bonds. The van der Waals surface area contributed by atoms with E-state index in [9.17, 15) is 4.39 Å². The highest BCUT2D eigenvalue weighted by Gasteiger charge is 2.10. The molecule has 2 rings (SSSR count). The van der Waals surface area contributed by atoms with Gasteiger partial charge in [0.15, 0.2) is 0 Å². The number of halogens is 3. The lowest BCUT2D eigenvalue weighted by atomic mass is 10.3. The first kappa shape index (κ1) is 12.8. The summed E-state index contributed by atoms with van der Waals surface area (Å²) in [6.45, 7) is 0. The standard InChI is InChI=1S/C10H6Cl2FN3O2/c1-17-9-14-8(12)15-10(16-9)18-7-3-2-5(13)4-6(7)11/h2-4H,1H3. The molecule has 0 aliphatic carbocycles. The van der Waals surface area contributed by atoms with Gasteiger partial charge in [-0.15, -0.1) is 4.98 Å². The molecule has 0 aliphatic heterocycles. The van der Waals surface area contributed by atoms with E-state index in [0.29, 0.717) is 0 Å². The first-order valence-corrected chi connectivity index (χ1v) is 5.42. The molecule has 0 unspecified atom stereocenters. The van der Waals surface area contributed by atoms with Gasteiger partial charge in [0, 0.05) is 0 Å². The molecule has 0 bridgehead atoms. The van der Waals surface area contributed by atoms with E-state index in [1.54, 1.807) is 0 Å². The average Bonchev–Trinajstić information content (AvgIpc) is 2.32. The van der Waals surface area contributed by atoms with Crippen molar-refractivity contribution in [2.24, 2.45) is 0 Å². The van der Waals surface area contributed by atoms with Crippen molar-refractivity contribution in [3.05, 3.63) is 34.3 Å². The maximum absolute atomic E-state index is 12.8. The van der Waals surface area contributed by atoms with Gasteiger partial charge in [-0.25, -0.2) is 4.39 Å². The smallest absolute Gasteiger partial charge is 0.329 e. The quantitative estimate of drug-likeness (QED) is 0.869. The molecule has 0 fully saturated rings. The molecule has 0 aliphatic rings. The van der Waals surface area contributed by atoms with Crippen molar-refractivity contribution in [3.63, 3.8) is 0 Å². The lowest BCUT2D eigenvalue weighted by Gasteiger charge is -2.06. The second-order valence-electron chi connectivity index (χ2n) is 3.05. The van der Waals surface area contributed by atoms with Crippen LogP contribution in [-0.2, 0) is 0 Å². The van der Waals surface area contributed by atoms with Gasteiger partial charge in [-0.3, -0.25) is 0 Å². The Morgan fingerprint density at radius 3 is 2.50 bits per heavy atom. The van der Waals surface area contributed by atoms with Crippen LogP contribution in [0.4, 0.5) is 4.39 Å². The monoisotopic (exact) mass is 289 g/mol. The predicted octanol–water partition coefficient (Wildman–Crippen LogP) is 3.12. The van der Waals surface area contributed by atoms with Crippen LogP contribution < -0.4 is 9.47 Å². The van der Waals surface area contributed by atoms with Crippen LogP contribution in [0, 0.1) is 5.82 Å². The number of aromatic nitrogens is 3. The summed E-state index contributed by atoms with van der Waals surface area (Å²) in [6, 6.07) is 3.56. The molecule has 1 aromatic carbocycles. The first-order chi connectivity index (χ1) is 8.58. The van der Waals surface area contributed by atoms with E-state index in [-0.39, 0.29) is 28.1 Å². The Morgan fingerprint density at radius 1 is 1.11 bits per heavy atom. The third-order valence-electron chi connectivity index (χ3n) is 1.84. The van der Waals surface area contributed by atoms with E-state index in [2.05, 4.69) is 15.0 Å². The lowest BCUT2D eigenvalue weighted by molar-refractivity contribution is 0.359. The van der Waals surface area contributed by atoms with E-state index in [0.717, 1.165) is 6.07 Å². The highest BCUT2D eigenvalue weighted by Crippen LogP contribution is 2.28. The van der Waals surface area contributed by atoms with Crippen molar-refractivity contribution in [1.29, 1.82) is 0 Å². The topological polar surface area (TPSA) is 57.1 Å². The molecule has 0 spiro atoms. The number of methoxy groups -OCH3 is 1. The van der Waals surface area contributed by atoms with Gasteiger partial charge in [-0.1, -0.05) is 11.6 Å². The zero-order valence-corrected chi connectivity index (χ0v) is 10.5. The van der Waals surface area contributed by atoms with E-state index >= 15 is 0 Å². The largest absolute Gasteiger partial charge is 0.467 e. The second-order valence-corrected chi connectivity index (χ2v) is 3.80. The van der Waals surface area contributed by atoms with Crippen LogP contribution in [0.1, 0.15) is 0 Å². The number of nitrogens with zero attached hydrogens (tertiary/aromatic N) is 3. The van der Waals surface area contributed by atoms with Crippen LogP contribution in [0.15, 0.2) is 18.2 Å². The number of benzene rings is 1. The maximum atomic E-state index is 12.8. The lowest BCUT2D eigenvalue weighted by Crippen LogP contribution is -1.99. The Morgan fingerprint density at radius 2 is 1.83 bits per heavy atom. The molecule has 0 saturated heterocycles. The number of rotatable bonds is 3. The minimum atomic E-state index is -0.474. The molecule has 2 aromatic rings. The molecule has 5 nitrogen and oxygen atoms in total. The normalized spacial score (nSPS) is 10.2. The van der Waals surface area contributed by atoms with E-state index < -0.39 is 5.82 Å². The van der Waals surface area contributed by atoms with Crippen LogP contribution >= 0.6 is 23.2 Å². The van der Waals surface area contributed by atoms with Gasteiger partial charge < -0.3 is 9.47 Å². The number of hydrogen-bond acceptors (Lipinski definition) is 5. The van der Waals surface area contributed by atoms with Crippen molar-refractivity contribution >= 4 is 23.2 Å². The van der Waals surface area contributed by atoms with Crippen LogP contribution in [0.5, 0.6) is 17.8 Å². The summed E-state index contributed by atoms with van der Waals surface area (Å²) in [5.41, 5.74) is 0. The molecule has 0 radical (unpaired) electrons. The van der Waals surface area contributed by atoms with Crippen LogP contribution in [0.2, 0.25) is 10.3 Å². The maximum Gasteiger partial charge on any atom is 0.329 e. The Labute approximate surface area is 112 Å². The first-order valence-electron chi connectivity index (χ1n) is 4.67. The van der Waals surface area contributed by atoms with Gasteiger partial charge in [0.25, 0.3) is 0 Å². The Kier molecular flexibility index (Phi) is 3.78. The van der Waals surface area contributed by atoms with Crippen molar-refractivity contribution < 1.29 is 13.9 Å². The van der Waals surface area contributed by atoms with Gasteiger partial charge in [0.2, 0.25) is 5.28 Å². The summed E-state index contributed by atoms with van der Waals surface area (Å²) in [5, 5.41) is 0.000542. The molecule has 8 heteroatoms. The summed E-state index contributed by atoms with van der Waals surface area (Å²) in [6.07, 6.45) is 0. The van der Waals surface area contributed by atoms with Gasteiger partial charge in [0.05, 0.1) is 12.1 Å². The number of hydrogen-bond donors (Lipinski definition) is 0. The summed E-state index contributed by atoms with van der Waals surface area (Å²) in [7, 11) is 1.38. The van der Waals surface area contributed by atoms with Gasteiger partial charge >= 0.3 is 12.0 Å². The summed E-state index contributed by atoms with van der Waals surface area (Å²) < 4.78 is 22.9. The molecular weight excluding hydrogens is 284 g/mol. The average molecular weight is 290 g/mol. The van der Waals surface area contributed by atoms with Crippen molar-refractivity contribution in [3.8, 4) is 17.8 Å². The summed E-state index contributed by atoms with van der Waals surface area (Å²) >= 11 is 11.4. The van der Waals surface area contributed by atoms with Crippen molar-refractivity contribution in [2.75, 3.05) is 7.11 Å². The van der Waals surface area contributed by atoms with Gasteiger partial charge in [-0.05, 0) is 29.8 Å². The molecular formula is C10H6Cl2FN3O2. The Hall–Kier alpha value is -1.66. The SMILES string of the molecule is COc1nc(Cl)nc(Oc2ccc(F)cc2Cl)n1. The molecule has 0 atom stereocenters. The zero-order chi connectivity index (χ0) is 13.1. The van der Waals surface area contributed by atoms with Crippen molar-refractivity contribution in [1.82, 2.24) is 15.0 Å². The highest BCUT2D eigenvalue weighted by molar-refractivity contribution is 6.32. The fourth-order valence-electron chi connectivity index (χ4n) is 1.11. The van der Waals surface area contributed by atoms with Crippen LogP contribution in [-0.4, -0.2) is 22.1 Å². The minimum Gasteiger partial charge on any atom is -0.467 e. The van der Waals surface area contributed by atoms with Crippen molar-refractivity contribution in [2.45, 2.75) is 0 Å². The van der Waals surface area contributed by atoms with E-state index in [1.807, 2.05) is 0 Å². The molecule has 18 heavy (non-hydrogen) atoms. The van der Waals surface area contributed by atoms with Crippen LogP contribution in [0.25, 0.3) is 0 Å². The third-order valence-corrected chi connectivity index (χ3v) is 2.31. The fraction of sp³-hybridized carbons (Fsp3) is 0.100. The summed E-state index contributed by atoms with van der Waals surface area (Å²) in [4.78, 5) is 11.2. The second kappa shape index (κ2) is 5.32. The Bertz CT molecular complexity index is 583. The van der Waals surface area contributed by atoms with Gasteiger partial charge in [0.1, 0.15) is 11.6 Å². The molecule has 0 saturated carbocycles. The number of ether oxygens (including phenoxy) is 2. The predicted molar refractivity (Wildman–Crippen MR) is 62.9 cm³/mol. The molecule has 94 valence electrons. The van der Waals surface area contributed by atoms with E-state index in [1.165, 1.54) is 19.2 Å². The third kappa shape index (κ3) is 2.96. The van der Waals surface area contributed by atoms with Crippen LogP contribution in [0.3, 0.4) is 0 Å².